The van der Waals surface area contributed by atoms with Crippen LogP contribution in [0.5, 0.6) is 0 Å². The van der Waals surface area contributed by atoms with Gasteiger partial charge in [0, 0.05) is 30.9 Å². The van der Waals surface area contributed by atoms with E-state index in [1.165, 1.54) is 0 Å². The summed E-state index contributed by atoms with van der Waals surface area (Å²) in [5, 5.41) is 3.20. The van der Waals surface area contributed by atoms with Crippen molar-refractivity contribution in [3.8, 4) is 0 Å². The molecule has 1 aliphatic heterocycles. The molecule has 0 amide bonds. The predicted octanol–water partition coefficient (Wildman–Crippen LogP) is 0.585. The Labute approximate surface area is 71.7 Å². The van der Waals surface area contributed by atoms with Crippen molar-refractivity contribution >= 4 is 12.4 Å². The zero-order valence-corrected chi connectivity index (χ0v) is 6.84. The Bertz CT molecular complexity index is 210. The molecule has 3 nitrogen and oxygen atoms in total. The highest BCUT2D eigenvalue weighted by Gasteiger charge is 2.19. The third kappa shape index (κ3) is 1.67. The molecule has 4 heteroatoms. The lowest BCUT2D eigenvalue weighted by Gasteiger charge is -2.25. The maximum absolute atomic E-state index is 4.15. The van der Waals surface area contributed by atoms with Crippen molar-refractivity contribution in [1.29, 1.82) is 0 Å². The highest BCUT2D eigenvalue weighted by atomic mass is 35.5. The van der Waals surface area contributed by atoms with Gasteiger partial charge in [0.15, 0.2) is 0 Å². The minimum Gasteiger partial charge on any atom is -0.315 e. The largest absolute Gasteiger partial charge is 0.315 e. The number of nitrogens with one attached hydrogen (secondary N) is 1. The summed E-state index contributed by atoms with van der Waals surface area (Å²) in [6.45, 7) is 2.13. The van der Waals surface area contributed by atoms with Crippen molar-refractivity contribution in [2.75, 3.05) is 13.1 Å². The Morgan fingerprint density at radius 3 is 2.73 bits per heavy atom. The van der Waals surface area contributed by atoms with Crippen LogP contribution in [0.1, 0.15) is 11.6 Å². The van der Waals surface area contributed by atoms with E-state index < -0.39 is 0 Å². The molecule has 60 valence electrons. The van der Waals surface area contributed by atoms with Crippen molar-refractivity contribution in [3.63, 3.8) is 0 Å². The van der Waals surface area contributed by atoms with Gasteiger partial charge in [0.05, 0.1) is 0 Å². The van der Waals surface area contributed by atoms with E-state index in [4.69, 9.17) is 0 Å². The highest BCUT2D eigenvalue weighted by molar-refractivity contribution is 5.85. The standard InChI is InChI=1S/C7H9N3.ClH/c1-2-8-5-10-7(1)6-3-9-4-6;/h1-2,5-6,9H,3-4H2;1H. The average molecular weight is 172 g/mol. The van der Waals surface area contributed by atoms with E-state index in [1.807, 2.05) is 6.07 Å². The third-order valence-corrected chi connectivity index (χ3v) is 1.80. The van der Waals surface area contributed by atoms with Crippen LogP contribution in [0.4, 0.5) is 0 Å². The number of hydrogen-bond acceptors (Lipinski definition) is 3. The zero-order valence-electron chi connectivity index (χ0n) is 6.03. The molecule has 0 spiro atoms. The van der Waals surface area contributed by atoms with Gasteiger partial charge < -0.3 is 5.32 Å². The SMILES string of the molecule is Cl.c1cc(C2CNC2)ncn1. The molecule has 1 aromatic heterocycles. The fourth-order valence-electron chi connectivity index (χ4n) is 1.04. The number of hydrogen-bond donors (Lipinski definition) is 1. The number of halogens is 1. The molecule has 11 heavy (non-hydrogen) atoms. The molecule has 0 atom stereocenters. The lowest BCUT2D eigenvalue weighted by atomic mass is 9.99. The van der Waals surface area contributed by atoms with Crippen LogP contribution in [0.3, 0.4) is 0 Å². The first-order chi connectivity index (χ1) is 4.97. The van der Waals surface area contributed by atoms with Gasteiger partial charge in [-0.15, -0.1) is 12.4 Å². The quantitative estimate of drug-likeness (QED) is 0.672. The smallest absolute Gasteiger partial charge is 0.115 e. The molecular weight excluding hydrogens is 162 g/mol. The van der Waals surface area contributed by atoms with Gasteiger partial charge >= 0.3 is 0 Å². The summed E-state index contributed by atoms with van der Waals surface area (Å²) in [5.74, 6) is 0.628. The normalized spacial score (nSPS) is 16.7. The fraction of sp³-hybridized carbons (Fsp3) is 0.429. The van der Waals surface area contributed by atoms with Gasteiger partial charge in [0.2, 0.25) is 0 Å². The minimum absolute atomic E-state index is 0. The van der Waals surface area contributed by atoms with E-state index in [-0.39, 0.29) is 12.4 Å². The Balaban J connectivity index is 0.000000605. The van der Waals surface area contributed by atoms with Crippen LogP contribution >= 0.6 is 12.4 Å². The minimum atomic E-state index is 0. The lowest BCUT2D eigenvalue weighted by molar-refractivity contribution is 0.439. The molecule has 2 rings (SSSR count). The Morgan fingerprint density at radius 2 is 2.27 bits per heavy atom. The van der Waals surface area contributed by atoms with Crippen LogP contribution in [-0.4, -0.2) is 23.1 Å². The maximum Gasteiger partial charge on any atom is 0.115 e. The summed E-state index contributed by atoms with van der Waals surface area (Å²) in [5.41, 5.74) is 1.16. The molecular formula is C7H10ClN3. The number of rotatable bonds is 1. The third-order valence-electron chi connectivity index (χ3n) is 1.80. The van der Waals surface area contributed by atoms with Gasteiger partial charge in [0.25, 0.3) is 0 Å². The van der Waals surface area contributed by atoms with E-state index in [0.29, 0.717) is 5.92 Å². The average Bonchev–Trinajstić information content (AvgIpc) is 1.86. The van der Waals surface area contributed by atoms with E-state index in [0.717, 1.165) is 18.8 Å². The van der Waals surface area contributed by atoms with Crippen LogP contribution in [0.15, 0.2) is 18.6 Å². The van der Waals surface area contributed by atoms with Gasteiger partial charge in [-0.2, -0.15) is 0 Å². The molecule has 0 radical (unpaired) electrons. The van der Waals surface area contributed by atoms with Crippen LogP contribution in [0.2, 0.25) is 0 Å². The van der Waals surface area contributed by atoms with E-state index in [1.54, 1.807) is 12.5 Å². The Hall–Kier alpha value is -0.670. The van der Waals surface area contributed by atoms with Crippen LogP contribution in [-0.2, 0) is 0 Å². The van der Waals surface area contributed by atoms with Crippen molar-refractivity contribution < 1.29 is 0 Å². The molecule has 0 saturated carbocycles. The summed E-state index contributed by atoms with van der Waals surface area (Å²) in [7, 11) is 0. The van der Waals surface area contributed by atoms with Gasteiger partial charge in [-0.3, -0.25) is 0 Å². The molecule has 1 N–H and O–H groups in total. The lowest BCUT2D eigenvalue weighted by Crippen LogP contribution is -2.40. The zero-order chi connectivity index (χ0) is 6.81. The van der Waals surface area contributed by atoms with E-state index in [9.17, 15) is 0 Å². The molecule has 2 heterocycles. The molecule has 1 aromatic rings. The van der Waals surface area contributed by atoms with E-state index >= 15 is 0 Å². The predicted molar refractivity (Wildman–Crippen MR) is 44.9 cm³/mol. The second kappa shape index (κ2) is 3.64. The van der Waals surface area contributed by atoms with Crippen molar-refractivity contribution in [3.05, 3.63) is 24.3 Å². The molecule has 0 unspecified atom stereocenters. The molecule has 0 bridgehead atoms. The van der Waals surface area contributed by atoms with Gasteiger partial charge in [-0.25, -0.2) is 9.97 Å². The molecule has 0 aromatic carbocycles. The van der Waals surface area contributed by atoms with Crippen LogP contribution in [0.25, 0.3) is 0 Å². The molecule has 0 aliphatic carbocycles. The molecule has 1 saturated heterocycles. The first-order valence-electron chi connectivity index (χ1n) is 3.43. The first-order valence-corrected chi connectivity index (χ1v) is 3.43. The van der Waals surface area contributed by atoms with Gasteiger partial charge in [-0.05, 0) is 6.07 Å². The summed E-state index contributed by atoms with van der Waals surface area (Å²) in [4.78, 5) is 8.00. The maximum atomic E-state index is 4.15. The van der Waals surface area contributed by atoms with Crippen molar-refractivity contribution in [2.24, 2.45) is 0 Å². The second-order valence-corrected chi connectivity index (χ2v) is 2.49. The molecule has 1 aliphatic rings. The fourth-order valence-corrected chi connectivity index (χ4v) is 1.04. The first kappa shape index (κ1) is 8.43. The highest BCUT2D eigenvalue weighted by Crippen LogP contribution is 2.15. The number of nitrogens with zero attached hydrogens (tertiary/aromatic N) is 2. The Morgan fingerprint density at radius 1 is 1.45 bits per heavy atom. The summed E-state index contributed by atoms with van der Waals surface area (Å²) < 4.78 is 0. The van der Waals surface area contributed by atoms with Crippen molar-refractivity contribution in [2.45, 2.75) is 5.92 Å². The summed E-state index contributed by atoms with van der Waals surface area (Å²) in [6.07, 6.45) is 3.40. The Kier molecular flexibility index (Phi) is 2.79. The van der Waals surface area contributed by atoms with Crippen LogP contribution in [0, 0.1) is 0 Å². The summed E-state index contributed by atoms with van der Waals surface area (Å²) >= 11 is 0. The molecule has 1 fully saturated rings. The monoisotopic (exact) mass is 171 g/mol. The van der Waals surface area contributed by atoms with Crippen LogP contribution < -0.4 is 5.32 Å². The topological polar surface area (TPSA) is 37.8 Å². The number of aromatic nitrogens is 2. The van der Waals surface area contributed by atoms with E-state index in [2.05, 4.69) is 15.3 Å². The van der Waals surface area contributed by atoms with Crippen molar-refractivity contribution in [1.82, 2.24) is 15.3 Å². The second-order valence-electron chi connectivity index (χ2n) is 2.49. The summed E-state index contributed by atoms with van der Waals surface area (Å²) in [6, 6.07) is 1.98. The van der Waals surface area contributed by atoms with Gasteiger partial charge in [0.1, 0.15) is 6.33 Å². The van der Waals surface area contributed by atoms with Gasteiger partial charge in [-0.1, -0.05) is 0 Å².